The van der Waals surface area contributed by atoms with Gasteiger partial charge in [0, 0.05) is 21.9 Å². The maximum atomic E-state index is 13.8. The molecule has 0 amide bonds. The second kappa shape index (κ2) is 9.00. The summed E-state index contributed by atoms with van der Waals surface area (Å²) in [5, 5.41) is 1.74. The van der Waals surface area contributed by atoms with Crippen LogP contribution in [0, 0.1) is 12.7 Å². The molecule has 0 spiro atoms. The normalized spacial score (nSPS) is 17.7. The molecule has 0 saturated heterocycles. The highest BCUT2D eigenvalue weighted by atomic mass is 35.5. The number of halogens is 2. The number of aryl methyl sites for hydroxylation is 2. The summed E-state index contributed by atoms with van der Waals surface area (Å²) in [6.07, 6.45) is 3.05. The van der Waals surface area contributed by atoms with Crippen molar-refractivity contribution < 1.29 is 4.39 Å². The van der Waals surface area contributed by atoms with Crippen molar-refractivity contribution >= 4 is 23.4 Å². The van der Waals surface area contributed by atoms with Gasteiger partial charge in [-0.25, -0.2) is 9.37 Å². The van der Waals surface area contributed by atoms with Gasteiger partial charge in [-0.3, -0.25) is 4.57 Å². The average molecular weight is 477 g/mol. The number of benzene rings is 3. The summed E-state index contributed by atoms with van der Waals surface area (Å²) in [7, 11) is 0. The molecular weight excluding hydrogens is 451 g/mol. The number of nitrogens with zero attached hydrogens (tertiary/aromatic N) is 2. The third kappa shape index (κ3) is 4.22. The Balaban J connectivity index is 1.66. The van der Waals surface area contributed by atoms with E-state index < -0.39 is 0 Å². The summed E-state index contributed by atoms with van der Waals surface area (Å²) in [5.74, 6) is 0.594. The van der Waals surface area contributed by atoms with E-state index in [1.165, 1.54) is 29.0 Å². The van der Waals surface area contributed by atoms with Gasteiger partial charge in [-0.05, 0) is 80.1 Å². The summed E-state index contributed by atoms with van der Waals surface area (Å²) in [6, 6.07) is 23.5. The van der Waals surface area contributed by atoms with Gasteiger partial charge < -0.3 is 0 Å². The van der Waals surface area contributed by atoms with Crippen molar-refractivity contribution in [2.75, 3.05) is 0 Å². The zero-order chi connectivity index (χ0) is 23.0. The van der Waals surface area contributed by atoms with Gasteiger partial charge in [0.2, 0.25) is 0 Å². The monoisotopic (exact) mass is 476 g/mol. The zero-order valence-electron chi connectivity index (χ0n) is 18.8. The molecule has 1 heterocycles. The summed E-state index contributed by atoms with van der Waals surface area (Å²) in [5.41, 5.74) is 6.65. The van der Waals surface area contributed by atoms with E-state index in [0.717, 1.165) is 52.1 Å². The molecule has 1 atom stereocenters. The lowest BCUT2D eigenvalue weighted by Crippen LogP contribution is -2.31. The minimum atomic E-state index is -0.234. The van der Waals surface area contributed by atoms with E-state index in [2.05, 4.69) is 54.8 Å². The van der Waals surface area contributed by atoms with Gasteiger partial charge in [-0.15, -0.1) is 0 Å². The van der Waals surface area contributed by atoms with E-state index in [1.54, 1.807) is 11.8 Å². The maximum absolute atomic E-state index is 13.8. The van der Waals surface area contributed by atoms with Crippen molar-refractivity contribution in [3.63, 3.8) is 0 Å². The second-order valence-electron chi connectivity index (χ2n) is 8.93. The van der Waals surface area contributed by atoms with Gasteiger partial charge in [0.05, 0.1) is 11.4 Å². The molecule has 0 N–H and O–H groups in total. The summed E-state index contributed by atoms with van der Waals surface area (Å²) in [6.45, 7) is 4.36. The molecule has 1 unspecified atom stereocenters. The number of fused-ring (bicyclic) bond motifs is 1. The Labute approximate surface area is 203 Å². The quantitative estimate of drug-likeness (QED) is 0.272. The first-order valence-electron chi connectivity index (χ1n) is 11.3. The van der Waals surface area contributed by atoms with Crippen LogP contribution in [0.5, 0.6) is 0 Å². The largest absolute Gasteiger partial charge is 0.291 e. The van der Waals surface area contributed by atoms with Crippen LogP contribution in [0.15, 0.2) is 78.0 Å². The Hall–Kier alpha value is -2.56. The average Bonchev–Trinajstić information content (AvgIpc) is 3.21. The molecule has 5 heteroatoms. The molecule has 0 aliphatic heterocycles. The van der Waals surface area contributed by atoms with Crippen molar-refractivity contribution in [3.8, 4) is 5.69 Å². The fraction of sp³-hybridized carbons (Fsp3) is 0.250. The smallest absolute Gasteiger partial charge is 0.173 e. The molecule has 1 aromatic heterocycles. The van der Waals surface area contributed by atoms with Crippen LogP contribution in [-0.4, -0.2) is 9.55 Å². The van der Waals surface area contributed by atoms with Crippen LogP contribution in [0.25, 0.3) is 5.69 Å². The number of rotatable bonds is 5. The highest BCUT2D eigenvalue weighted by Crippen LogP contribution is 2.46. The van der Waals surface area contributed by atoms with Gasteiger partial charge in [0.15, 0.2) is 5.16 Å². The Morgan fingerprint density at radius 3 is 2.55 bits per heavy atom. The molecular formula is C28H26ClFN2S. The molecule has 1 aliphatic carbocycles. The van der Waals surface area contributed by atoms with Crippen LogP contribution in [0.4, 0.5) is 4.39 Å². The number of thioether (sulfide) groups is 1. The van der Waals surface area contributed by atoms with Crippen molar-refractivity contribution in [2.24, 2.45) is 0 Å². The lowest BCUT2D eigenvalue weighted by molar-refractivity contribution is 0.442. The molecule has 0 saturated carbocycles. The molecule has 4 aromatic rings. The molecule has 33 heavy (non-hydrogen) atoms. The third-order valence-corrected chi connectivity index (χ3v) is 8.06. The lowest BCUT2D eigenvalue weighted by atomic mass is 9.71. The second-order valence-corrected chi connectivity index (χ2v) is 10.3. The van der Waals surface area contributed by atoms with Crippen molar-refractivity contribution in [1.82, 2.24) is 9.55 Å². The predicted molar refractivity (Wildman–Crippen MR) is 135 cm³/mol. The summed E-state index contributed by atoms with van der Waals surface area (Å²) >= 11 is 8.09. The molecule has 0 fully saturated rings. The Kier molecular flexibility index (Phi) is 6.07. The first kappa shape index (κ1) is 22.2. The molecule has 168 valence electrons. The van der Waals surface area contributed by atoms with Gasteiger partial charge in [-0.1, -0.05) is 65.8 Å². The van der Waals surface area contributed by atoms with Crippen LogP contribution in [0.2, 0.25) is 5.02 Å². The first-order chi connectivity index (χ1) is 16.0. The Bertz CT molecular complexity index is 1280. The molecule has 3 aromatic carbocycles. The first-order valence-corrected chi connectivity index (χ1v) is 12.6. The Morgan fingerprint density at radius 2 is 1.82 bits per heavy atom. The van der Waals surface area contributed by atoms with E-state index in [4.69, 9.17) is 16.6 Å². The van der Waals surface area contributed by atoms with Gasteiger partial charge in [0.1, 0.15) is 5.82 Å². The minimum Gasteiger partial charge on any atom is -0.291 e. The van der Waals surface area contributed by atoms with Crippen LogP contribution < -0.4 is 0 Å². The van der Waals surface area contributed by atoms with E-state index in [1.807, 2.05) is 24.3 Å². The standard InChI is InChI=1S/C28H26ClFN2S/c1-19-17-21(10-15-24(19)29)28(2)16-6-9-25-26(28)32(23-13-11-22(30)12-14-23)27(31-25)33-18-20-7-4-3-5-8-20/h3-5,7-8,10-15,17H,6,9,16,18H2,1-2H3. The van der Waals surface area contributed by atoms with E-state index in [-0.39, 0.29) is 11.2 Å². The molecule has 5 rings (SSSR count). The topological polar surface area (TPSA) is 17.8 Å². The third-order valence-electron chi connectivity index (χ3n) is 6.62. The SMILES string of the molecule is Cc1cc(C2(C)CCCc3nc(SCc4ccccc4)n(-c4ccc(F)cc4)c32)ccc1Cl. The minimum absolute atomic E-state index is 0.212. The molecule has 1 aliphatic rings. The number of hydrogen-bond donors (Lipinski definition) is 0. The van der Waals surface area contributed by atoms with Crippen molar-refractivity contribution in [3.05, 3.63) is 112 Å². The van der Waals surface area contributed by atoms with Crippen LogP contribution in [-0.2, 0) is 17.6 Å². The summed E-state index contributed by atoms with van der Waals surface area (Å²) < 4.78 is 16.0. The van der Waals surface area contributed by atoms with E-state index >= 15 is 0 Å². The zero-order valence-corrected chi connectivity index (χ0v) is 20.4. The van der Waals surface area contributed by atoms with Crippen LogP contribution in [0.3, 0.4) is 0 Å². The number of aromatic nitrogens is 2. The van der Waals surface area contributed by atoms with Gasteiger partial charge in [-0.2, -0.15) is 0 Å². The van der Waals surface area contributed by atoms with E-state index in [9.17, 15) is 4.39 Å². The van der Waals surface area contributed by atoms with Crippen LogP contribution >= 0.6 is 23.4 Å². The summed E-state index contributed by atoms with van der Waals surface area (Å²) in [4.78, 5) is 5.13. The predicted octanol–water partition coefficient (Wildman–Crippen LogP) is 7.91. The molecule has 0 radical (unpaired) electrons. The fourth-order valence-electron chi connectivity index (χ4n) is 4.83. The Morgan fingerprint density at radius 1 is 1.06 bits per heavy atom. The van der Waals surface area contributed by atoms with Crippen molar-refractivity contribution in [2.45, 2.75) is 49.4 Å². The van der Waals surface area contributed by atoms with Gasteiger partial charge >= 0.3 is 0 Å². The van der Waals surface area contributed by atoms with E-state index in [0.29, 0.717) is 0 Å². The molecule has 2 nitrogen and oxygen atoms in total. The number of imidazole rings is 1. The number of hydrogen-bond acceptors (Lipinski definition) is 2. The lowest BCUT2D eigenvalue weighted by Gasteiger charge is -2.36. The van der Waals surface area contributed by atoms with Gasteiger partial charge in [0.25, 0.3) is 0 Å². The van der Waals surface area contributed by atoms with Crippen LogP contribution in [0.1, 0.15) is 47.8 Å². The highest BCUT2D eigenvalue weighted by Gasteiger charge is 2.39. The molecule has 0 bridgehead atoms. The van der Waals surface area contributed by atoms with Crippen molar-refractivity contribution in [1.29, 1.82) is 0 Å². The fourth-order valence-corrected chi connectivity index (χ4v) is 5.93. The maximum Gasteiger partial charge on any atom is 0.173 e. The highest BCUT2D eigenvalue weighted by molar-refractivity contribution is 7.98.